The third-order valence-corrected chi connectivity index (χ3v) is 6.61. The molecule has 3 rings (SSSR count). The lowest BCUT2D eigenvalue weighted by Crippen LogP contribution is -2.39. The number of thiazole rings is 1. The van der Waals surface area contributed by atoms with Gasteiger partial charge in [-0.25, -0.2) is 4.98 Å². The Balaban J connectivity index is 2.05. The van der Waals surface area contributed by atoms with E-state index in [-0.39, 0.29) is 11.9 Å². The number of aryl methyl sites for hydroxylation is 3. The molecule has 1 amide bonds. The first-order valence-corrected chi connectivity index (χ1v) is 11.5. The standard InChI is InChI=1S/C23H33N5OS/c1-8-26(9-2)10-11-27(22(29)20-14-18(7)25-28(20)15(3)4)23-24-19-13-16(5)12-17(6)21(19)30-23/h12-15H,8-11H2,1-7H3. The summed E-state index contributed by atoms with van der Waals surface area (Å²) in [6.45, 7) is 17.8. The van der Waals surface area contributed by atoms with Crippen molar-refractivity contribution in [3.8, 4) is 0 Å². The van der Waals surface area contributed by atoms with E-state index in [1.807, 2.05) is 36.4 Å². The molecule has 30 heavy (non-hydrogen) atoms. The fourth-order valence-corrected chi connectivity index (χ4v) is 4.79. The predicted molar refractivity (Wildman–Crippen MR) is 126 cm³/mol. The van der Waals surface area contributed by atoms with Crippen LogP contribution in [0.4, 0.5) is 5.13 Å². The number of hydrogen-bond acceptors (Lipinski definition) is 5. The van der Waals surface area contributed by atoms with Gasteiger partial charge in [-0.1, -0.05) is 31.3 Å². The fraction of sp³-hybridized carbons (Fsp3) is 0.522. The lowest BCUT2D eigenvalue weighted by Gasteiger charge is -2.25. The van der Waals surface area contributed by atoms with Crippen LogP contribution in [0, 0.1) is 20.8 Å². The van der Waals surface area contributed by atoms with Gasteiger partial charge in [-0.05, 0) is 71.0 Å². The number of benzene rings is 1. The average molecular weight is 428 g/mol. The number of rotatable bonds is 8. The molecule has 0 N–H and O–H groups in total. The number of carbonyl (C=O) groups excluding carboxylic acids is 1. The molecule has 2 aromatic heterocycles. The zero-order valence-electron chi connectivity index (χ0n) is 19.2. The third-order valence-electron chi connectivity index (χ3n) is 5.39. The highest BCUT2D eigenvalue weighted by Gasteiger charge is 2.26. The van der Waals surface area contributed by atoms with Gasteiger partial charge in [0.05, 0.1) is 15.9 Å². The van der Waals surface area contributed by atoms with Gasteiger partial charge in [0.2, 0.25) is 0 Å². The van der Waals surface area contributed by atoms with E-state index in [2.05, 4.69) is 49.8 Å². The highest BCUT2D eigenvalue weighted by molar-refractivity contribution is 7.22. The summed E-state index contributed by atoms with van der Waals surface area (Å²) in [5.41, 5.74) is 4.82. The SMILES string of the molecule is CCN(CC)CCN(C(=O)c1cc(C)nn1C(C)C)c1nc2cc(C)cc(C)c2s1. The van der Waals surface area contributed by atoms with Gasteiger partial charge >= 0.3 is 0 Å². The van der Waals surface area contributed by atoms with Crippen LogP contribution in [0.15, 0.2) is 18.2 Å². The molecule has 0 fully saturated rings. The third kappa shape index (κ3) is 4.57. The Labute approximate surface area is 183 Å². The smallest absolute Gasteiger partial charge is 0.278 e. The summed E-state index contributed by atoms with van der Waals surface area (Å²) in [6, 6.07) is 6.26. The number of hydrogen-bond donors (Lipinski definition) is 0. The molecule has 0 radical (unpaired) electrons. The van der Waals surface area contributed by atoms with E-state index in [4.69, 9.17) is 4.98 Å². The highest BCUT2D eigenvalue weighted by Crippen LogP contribution is 2.33. The van der Waals surface area contributed by atoms with E-state index in [1.165, 1.54) is 11.1 Å². The van der Waals surface area contributed by atoms with Crippen molar-refractivity contribution in [3.05, 3.63) is 40.7 Å². The van der Waals surface area contributed by atoms with E-state index < -0.39 is 0 Å². The van der Waals surface area contributed by atoms with Gasteiger partial charge in [0.15, 0.2) is 5.13 Å². The first kappa shape index (κ1) is 22.4. The Bertz CT molecular complexity index is 1030. The van der Waals surface area contributed by atoms with Crippen molar-refractivity contribution >= 4 is 32.6 Å². The maximum absolute atomic E-state index is 13.7. The molecule has 0 spiro atoms. The largest absolute Gasteiger partial charge is 0.302 e. The average Bonchev–Trinajstić information content (AvgIpc) is 3.28. The molecule has 0 bridgehead atoms. The van der Waals surface area contributed by atoms with Crippen LogP contribution in [0.5, 0.6) is 0 Å². The summed E-state index contributed by atoms with van der Waals surface area (Å²) < 4.78 is 2.97. The van der Waals surface area contributed by atoms with E-state index in [9.17, 15) is 4.79 Å². The molecule has 0 aliphatic rings. The summed E-state index contributed by atoms with van der Waals surface area (Å²) in [5, 5.41) is 5.30. The molecule has 0 saturated carbocycles. The number of aromatic nitrogens is 3. The molecular weight excluding hydrogens is 394 g/mol. The Kier molecular flexibility index (Phi) is 6.93. The minimum absolute atomic E-state index is 0.0371. The van der Waals surface area contributed by atoms with Crippen LogP contribution in [0.2, 0.25) is 0 Å². The molecule has 0 unspecified atom stereocenters. The molecule has 0 atom stereocenters. The Hall–Kier alpha value is -2.25. The molecule has 6 nitrogen and oxygen atoms in total. The summed E-state index contributed by atoms with van der Waals surface area (Å²) in [5.74, 6) is -0.0371. The molecule has 2 heterocycles. The number of fused-ring (bicyclic) bond motifs is 1. The van der Waals surface area contributed by atoms with Crippen molar-refractivity contribution < 1.29 is 4.79 Å². The van der Waals surface area contributed by atoms with Crippen LogP contribution in [-0.2, 0) is 0 Å². The van der Waals surface area contributed by atoms with Crippen LogP contribution in [0.25, 0.3) is 10.2 Å². The summed E-state index contributed by atoms with van der Waals surface area (Å²) in [7, 11) is 0. The van der Waals surface area contributed by atoms with Gasteiger partial charge in [0, 0.05) is 19.1 Å². The Morgan fingerprint density at radius 3 is 2.43 bits per heavy atom. The lowest BCUT2D eigenvalue weighted by molar-refractivity contribution is 0.0971. The normalized spacial score (nSPS) is 11.8. The number of likely N-dealkylation sites (N-methyl/N-ethyl adjacent to an activating group) is 1. The van der Waals surface area contributed by atoms with Crippen molar-refractivity contribution in [3.63, 3.8) is 0 Å². The van der Waals surface area contributed by atoms with E-state index in [0.717, 1.165) is 40.7 Å². The first-order valence-electron chi connectivity index (χ1n) is 10.7. The molecule has 0 aliphatic carbocycles. The minimum Gasteiger partial charge on any atom is -0.302 e. The number of carbonyl (C=O) groups is 1. The lowest BCUT2D eigenvalue weighted by atomic mass is 10.1. The van der Waals surface area contributed by atoms with E-state index >= 15 is 0 Å². The molecular formula is C23H33N5OS. The van der Waals surface area contributed by atoms with Gasteiger partial charge in [-0.3, -0.25) is 14.4 Å². The monoisotopic (exact) mass is 427 g/mol. The van der Waals surface area contributed by atoms with Crippen LogP contribution < -0.4 is 4.90 Å². The van der Waals surface area contributed by atoms with Gasteiger partial charge in [-0.15, -0.1) is 0 Å². The maximum Gasteiger partial charge on any atom is 0.278 e. The van der Waals surface area contributed by atoms with Crippen LogP contribution in [0.3, 0.4) is 0 Å². The van der Waals surface area contributed by atoms with Crippen LogP contribution in [-0.4, -0.2) is 51.8 Å². The topological polar surface area (TPSA) is 54.3 Å². The van der Waals surface area contributed by atoms with Crippen molar-refractivity contribution in [2.45, 2.75) is 54.5 Å². The Morgan fingerprint density at radius 1 is 1.10 bits per heavy atom. The summed E-state index contributed by atoms with van der Waals surface area (Å²) in [6.07, 6.45) is 0. The molecule has 162 valence electrons. The highest BCUT2D eigenvalue weighted by atomic mass is 32.1. The zero-order valence-corrected chi connectivity index (χ0v) is 20.0. The molecule has 1 aromatic carbocycles. The predicted octanol–water partition coefficient (Wildman–Crippen LogP) is 4.99. The van der Waals surface area contributed by atoms with Crippen LogP contribution >= 0.6 is 11.3 Å². The van der Waals surface area contributed by atoms with Gasteiger partial charge in [-0.2, -0.15) is 5.10 Å². The van der Waals surface area contributed by atoms with Crippen molar-refractivity contribution in [2.24, 2.45) is 0 Å². The second-order valence-electron chi connectivity index (χ2n) is 8.12. The quantitative estimate of drug-likeness (QED) is 0.508. The fourth-order valence-electron chi connectivity index (χ4n) is 3.75. The first-order chi connectivity index (χ1) is 14.2. The molecule has 3 aromatic rings. The van der Waals surface area contributed by atoms with Crippen LogP contribution in [0.1, 0.15) is 61.0 Å². The second kappa shape index (κ2) is 9.27. The molecule has 7 heteroatoms. The van der Waals surface area contributed by atoms with Crippen molar-refractivity contribution in [1.82, 2.24) is 19.7 Å². The Morgan fingerprint density at radius 2 is 1.80 bits per heavy atom. The number of anilines is 1. The van der Waals surface area contributed by atoms with E-state index in [0.29, 0.717) is 12.2 Å². The van der Waals surface area contributed by atoms with Gasteiger partial charge in [0.1, 0.15) is 5.69 Å². The summed E-state index contributed by atoms with van der Waals surface area (Å²) in [4.78, 5) is 22.8. The summed E-state index contributed by atoms with van der Waals surface area (Å²) >= 11 is 1.60. The molecule has 0 saturated heterocycles. The van der Waals surface area contributed by atoms with Gasteiger partial charge in [0.25, 0.3) is 5.91 Å². The maximum atomic E-state index is 13.7. The van der Waals surface area contributed by atoms with Crippen molar-refractivity contribution in [2.75, 3.05) is 31.1 Å². The minimum atomic E-state index is -0.0371. The van der Waals surface area contributed by atoms with E-state index in [1.54, 1.807) is 11.3 Å². The zero-order chi connectivity index (χ0) is 22.0. The van der Waals surface area contributed by atoms with Crippen molar-refractivity contribution in [1.29, 1.82) is 0 Å². The number of nitrogens with zero attached hydrogens (tertiary/aromatic N) is 5. The molecule has 0 aliphatic heterocycles. The van der Waals surface area contributed by atoms with Gasteiger partial charge < -0.3 is 4.90 Å². The second-order valence-corrected chi connectivity index (χ2v) is 9.10. The number of amides is 1.